The van der Waals surface area contributed by atoms with Gasteiger partial charge in [0.1, 0.15) is 73.1 Å². The Morgan fingerprint density at radius 2 is 0.784 bits per heavy atom. The minimum Gasteiger partial charge on any atom is -0.394 e. The minimum atomic E-state index is -3.99. The minimum absolute atomic E-state index is 0.0293. The Hall–Kier alpha value is -3.46. The van der Waals surface area contributed by atoms with Gasteiger partial charge in [0.25, 0.3) is 0 Å². The summed E-state index contributed by atoms with van der Waals surface area (Å²) in [6.45, 7) is 9.12. The summed E-state index contributed by atoms with van der Waals surface area (Å²) in [7, 11) is -7.92. The van der Waals surface area contributed by atoms with Gasteiger partial charge in [0.15, 0.2) is 18.9 Å². The molecule has 18 unspecified atom stereocenters. The van der Waals surface area contributed by atoms with E-state index in [1.54, 1.807) is 9.80 Å². The van der Waals surface area contributed by atoms with Gasteiger partial charge in [-0.25, -0.2) is 0 Å². The number of hydrogen-bond donors (Lipinski definition) is 14. The zero-order valence-corrected chi connectivity index (χ0v) is 58.4. The molecule has 0 spiro atoms. The number of unbranched alkanes of at least 4 members (excludes halogenated alkanes) is 3. The van der Waals surface area contributed by atoms with E-state index in [-0.39, 0.29) is 115 Å². The third kappa shape index (κ3) is 24.6. The smallest absolute Gasteiger partial charge is 0.248 e. The lowest BCUT2D eigenvalue weighted by Crippen LogP contribution is -2.64. The van der Waals surface area contributed by atoms with Crippen LogP contribution in [0, 0.1) is 0 Å². The summed E-state index contributed by atoms with van der Waals surface area (Å²) < 4.78 is 65.1. The summed E-state index contributed by atoms with van der Waals surface area (Å²) in [6.07, 6.45) is -6.98. The Labute approximate surface area is 566 Å². The van der Waals surface area contributed by atoms with Crippen molar-refractivity contribution in [3.05, 3.63) is 0 Å². The maximum absolute atomic E-state index is 14.2. The molecule has 0 bridgehead atoms. The van der Waals surface area contributed by atoms with Gasteiger partial charge in [-0.2, -0.15) is 0 Å². The molecule has 560 valence electrons. The number of nitrogens with one attached hydrogen (secondary N) is 3. The lowest BCUT2D eigenvalue weighted by molar-refractivity contribution is -0.270. The standard InChI is InChI=1S/C61H108N6O28P2/c1-10-37-23-41(27-65(37)46(74)17-11-14-20-85-58-49(62-34(2)71)55(80)52(77)43(29-68)90-58)94-96(8,83)89-33-39-25-42(28-67(39)48(76)19-13-16-22-87-60-51(64-36(4)73)57(82)54(79)45(31-70)92-60)95-97(9,84)88-32-38-24-40(93-61(5,6)7)26-66(38)47(75)18-12-15-21-86-59-50(63-35(3)72)56(81)53(78)44(30-69)91-59/h37-45,49-60,68-70,77-84H,8-33H2,1-7H3,(H,62,71)(H,63,72)(H,64,73)/t37-,38+,39+,40-,41?,42-,43?,44?,45?,49?,50?,51?,52?,53?,54?,55?,56?,57?,58?,59?,60?,96?,97?/m1/s1. The predicted octanol–water partition coefficient (Wildman–Crippen LogP) is -3.05. The molecule has 6 heterocycles. The van der Waals surface area contributed by atoms with Crippen molar-refractivity contribution >= 4 is 63.2 Å². The van der Waals surface area contributed by atoms with Crippen LogP contribution in [0.1, 0.15) is 132 Å². The first-order valence-electron chi connectivity index (χ1n) is 33.4. The fraction of sp³-hybridized carbons (Fsp3) is 0.869. The quantitative estimate of drug-likeness (QED) is 0.0219. The third-order valence-corrected chi connectivity index (χ3v) is 20.0. The maximum atomic E-state index is 14.2. The molecule has 0 radical (unpaired) electrons. The maximum Gasteiger partial charge on any atom is 0.248 e. The van der Waals surface area contributed by atoms with Gasteiger partial charge in [-0.3, -0.25) is 28.8 Å². The van der Waals surface area contributed by atoms with Crippen LogP contribution in [0.15, 0.2) is 0 Å². The van der Waals surface area contributed by atoms with E-state index in [2.05, 4.69) is 28.5 Å². The van der Waals surface area contributed by atoms with Crippen molar-refractivity contribution in [1.29, 1.82) is 0 Å². The Bertz CT molecular complexity index is 2640. The van der Waals surface area contributed by atoms with E-state index >= 15 is 0 Å². The van der Waals surface area contributed by atoms with Crippen molar-refractivity contribution in [2.45, 2.75) is 266 Å². The fourth-order valence-electron chi connectivity index (χ4n) is 12.9. The van der Waals surface area contributed by atoms with Crippen molar-refractivity contribution in [2.24, 2.45) is 0 Å². The van der Waals surface area contributed by atoms with Crippen molar-refractivity contribution in [3.63, 3.8) is 0 Å². The zero-order chi connectivity index (χ0) is 71.7. The van der Waals surface area contributed by atoms with Crippen LogP contribution in [0.5, 0.6) is 0 Å². The monoisotopic (exact) mass is 1430 g/mol. The van der Waals surface area contributed by atoms with Crippen LogP contribution in [0.2, 0.25) is 0 Å². The van der Waals surface area contributed by atoms with E-state index in [0.29, 0.717) is 44.9 Å². The van der Waals surface area contributed by atoms with Gasteiger partial charge in [0, 0.05) is 85.5 Å². The summed E-state index contributed by atoms with van der Waals surface area (Å²) >= 11 is 0. The molecule has 36 heteroatoms. The van der Waals surface area contributed by atoms with E-state index in [4.69, 9.17) is 51.3 Å². The topological polar surface area (TPSA) is 472 Å². The van der Waals surface area contributed by atoms with Crippen molar-refractivity contribution in [1.82, 2.24) is 30.7 Å². The first-order chi connectivity index (χ1) is 45.7. The molecule has 6 saturated heterocycles. The van der Waals surface area contributed by atoms with Crippen LogP contribution in [0.3, 0.4) is 0 Å². The van der Waals surface area contributed by atoms with Gasteiger partial charge < -0.3 is 138 Å². The van der Waals surface area contributed by atoms with Gasteiger partial charge in [-0.15, -0.1) is 0 Å². The molecule has 6 amide bonds. The molecule has 34 nitrogen and oxygen atoms in total. The number of likely N-dealkylation sites (tertiary alicyclic amines) is 3. The Morgan fingerprint density at radius 1 is 0.485 bits per heavy atom. The zero-order valence-electron chi connectivity index (χ0n) is 56.6. The van der Waals surface area contributed by atoms with Crippen molar-refractivity contribution in [2.75, 3.05) is 72.5 Å². The van der Waals surface area contributed by atoms with Crippen molar-refractivity contribution in [3.8, 4) is 0 Å². The van der Waals surface area contributed by atoms with E-state index in [1.807, 2.05) is 27.7 Å². The average molecular weight is 1440 g/mol. The van der Waals surface area contributed by atoms with Crippen LogP contribution in [-0.2, 0) is 80.0 Å². The Morgan fingerprint density at radius 3 is 1.08 bits per heavy atom. The largest absolute Gasteiger partial charge is 0.394 e. The summed E-state index contributed by atoms with van der Waals surface area (Å²) in [5, 5.41) is 99.7. The number of carbonyl (C=O) groups excluding carboxylic acids is 6. The van der Waals surface area contributed by atoms with Crippen LogP contribution in [0.4, 0.5) is 0 Å². The summed E-state index contributed by atoms with van der Waals surface area (Å²) in [5.41, 5.74) is -0.579. The number of ether oxygens (including phenoxy) is 7. The number of carbonyl (C=O) groups is 6. The number of hydrogen-bond acceptors (Lipinski definition) is 28. The number of aliphatic hydroxyl groups is 9. The number of nitrogens with zero attached hydrogens (tertiary/aromatic N) is 3. The SMILES string of the molecule is C=P(O)(OC[C@@H]1C[C@@H](OP(=C)(O)OC[C@@H]2C[C@@H](OC(C)(C)C)CN2C(=O)CCCCOC2OC(CO)C(O)C(O)C2NC(C)=O)CN1C(=O)CCCCOC1OC(CO)C(O)C(O)C1NC(C)=O)OC1C[C@@H](CC)N(C(=O)CCCCOC2OC(CO)C(O)C(O)C2NC(C)=O)C1. The molecule has 23 atom stereocenters. The first-order valence-corrected chi connectivity index (χ1v) is 36.9. The molecule has 0 aromatic rings. The second-order valence-electron chi connectivity index (χ2n) is 26.7. The van der Waals surface area contributed by atoms with Gasteiger partial charge >= 0.3 is 0 Å². The lowest BCUT2D eigenvalue weighted by Gasteiger charge is -2.42. The average Bonchev–Trinajstić information content (AvgIpc) is 1.76. The van der Waals surface area contributed by atoms with E-state index in [1.165, 1.54) is 25.7 Å². The molecule has 14 N–H and O–H groups in total. The molecule has 0 aliphatic carbocycles. The third-order valence-electron chi connectivity index (χ3n) is 17.6. The predicted molar refractivity (Wildman–Crippen MR) is 345 cm³/mol. The van der Waals surface area contributed by atoms with Crippen LogP contribution in [0.25, 0.3) is 0 Å². The molecule has 0 aromatic carbocycles. The van der Waals surface area contributed by atoms with E-state index in [9.17, 15) is 84.5 Å². The highest BCUT2D eigenvalue weighted by atomic mass is 31.2. The summed E-state index contributed by atoms with van der Waals surface area (Å²) in [4.78, 5) is 106. The number of aliphatic hydroxyl groups excluding tert-OH is 9. The molecular formula is C61H108N6O28P2. The second kappa shape index (κ2) is 38.2. The van der Waals surface area contributed by atoms with E-state index in [0.717, 1.165) is 0 Å². The van der Waals surface area contributed by atoms with Gasteiger partial charge in [0.2, 0.25) is 50.6 Å². The van der Waals surface area contributed by atoms with Crippen LogP contribution >= 0.6 is 15.1 Å². The van der Waals surface area contributed by atoms with Gasteiger partial charge in [-0.05, 0) is 97.6 Å². The second-order valence-corrected chi connectivity index (χ2v) is 30.2. The van der Waals surface area contributed by atoms with E-state index < -0.39 is 181 Å². The first kappa shape index (κ1) is 82.5. The molecule has 0 saturated carbocycles. The van der Waals surface area contributed by atoms with Gasteiger partial charge in [-0.1, -0.05) is 6.92 Å². The molecule has 6 aliphatic heterocycles. The molecule has 6 aliphatic rings. The lowest BCUT2D eigenvalue weighted by atomic mass is 9.97. The molecule has 6 rings (SSSR count). The molecule has 6 fully saturated rings. The molecular weight excluding hydrogens is 1330 g/mol. The number of amides is 6. The number of rotatable bonds is 36. The van der Waals surface area contributed by atoms with Crippen LogP contribution in [-0.4, -0.2) is 325 Å². The molecule has 97 heavy (non-hydrogen) atoms. The highest BCUT2D eigenvalue weighted by Crippen LogP contribution is 2.49. The van der Waals surface area contributed by atoms with Crippen LogP contribution < -0.4 is 16.0 Å². The fourth-order valence-corrected chi connectivity index (χ4v) is 15.1. The molecule has 0 aromatic heterocycles. The Balaban J connectivity index is 1.05. The summed E-state index contributed by atoms with van der Waals surface area (Å²) in [6, 6.07) is -5.06. The van der Waals surface area contributed by atoms with Crippen molar-refractivity contribution < 1.29 is 136 Å². The highest BCUT2D eigenvalue weighted by Gasteiger charge is 2.49. The Kier molecular flexibility index (Phi) is 32.5. The normalized spacial score (nSPS) is 34.5. The summed E-state index contributed by atoms with van der Waals surface area (Å²) in [5.74, 6) is -2.35. The van der Waals surface area contributed by atoms with Gasteiger partial charge in [0.05, 0.1) is 69.0 Å². The highest BCUT2D eigenvalue weighted by molar-refractivity contribution is 7.58.